The summed E-state index contributed by atoms with van der Waals surface area (Å²) in [4.78, 5) is 25.3. The quantitative estimate of drug-likeness (QED) is 0.00843. The Bertz CT molecular complexity index is 4010. The number of nitrogens with two attached hydrogens (primary N) is 1. The monoisotopic (exact) mass is 1410 g/mol. The lowest BCUT2D eigenvalue weighted by molar-refractivity contribution is 0.111. The number of aryl methyl sites for hydroxylation is 1. The molecule has 15 nitrogen and oxygen atoms in total. The predicted octanol–water partition coefficient (Wildman–Crippen LogP) is 16.5. The third kappa shape index (κ3) is 31.1. The number of halogens is 1. The number of ether oxygens (including phenoxy) is 6. The fraction of sp³-hybridized carbons (Fsp3) is 0.179. The Morgan fingerprint density at radius 3 is 0.980 bits per heavy atom. The first-order chi connectivity index (χ1) is 49.1. The Morgan fingerprint density at radius 2 is 0.650 bits per heavy atom. The summed E-state index contributed by atoms with van der Waals surface area (Å²) >= 11 is 3.36. The number of phenolic OH excluding ortho intramolecular Hbond substituents is 2. The highest BCUT2D eigenvalue weighted by Gasteiger charge is 2.12. The molecule has 0 saturated carbocycles. The van der Waals surface area contributed by atoms with E-state index in [4.69, 9.17) is 59.7 Å². The van der Waals surface area contributed by atoms with Gasteiger partial charge in [-0.3, -0.25) is 14.6 Å². The number of nitrogens with zero attached hydrogens (tertiary/aromatic N) is 1. The Hall–Kier alpha value is -10.9. The molecule has 0 aromatic heterocycles. The van der Waals surface area contributed by atoms with Gasteiger partial charge in [-0.05, 0) is 136 Å². The number of aldehydes is 2. The Morgan fingerprint density at radius 1 is 0.330 bits per heavy atom. The van der Waals surface area contributed by atoms with Crippen LogP contribution in [0.1, 0.15) is 83.6 Å². The molecule has 518 valence electrons. The lowest BCUT2D eigenvalue weighted by Gasteiger charge is -2.15. The highest BCUT2D eigenvalue weighted by Crippen LogP contribution is 2.33. The highest BCUT2D eigenvalue weighted by molar-refractivity contribution is 9.08. The second-order valence-corrected chi connectivity index (χ2v) is 22.5. The van der Waals surface area contributed by atoms with Gasteiger partial charge in [0.2, 0.25) is 0 Å². The maximum absolute atomic E-state index is 11.0. The van der Waals surface area contributed by atoms with Crippen molar-refractivity contribution in [3.63, 3.8) is 0 Å². The summed E-state index contributed by atoms with van der Waals surface area (Å²) < 4.78 is 35.9. The second kappa shape index (κ2) is 48.0. The van der Waals surface area contributed by atoms with Gasteiger partial charge in [-0.25, -0.2) is 0 Å². The molecule has 0 aliphatic rings. The van der Waals surface area contributed by atoms with Gasteiger partial charge in [0.05, 0.1) is 19.8 Å². The van der Waals surface area contributed by atoms with Crippen LogP contribution < -0.4 is 34.2 Å². The molecule has 0 amide bonds. The average Bonchev–Trinajstić information content (AvgIpc) is 0.878. The number of rotatable bonds is 29. The summed E-state index contributed by atoms with van der Waals surface area (Å²) in [6, 6.07) is 91.3. The number of carbonyl (C=O) groups is 2. The van der Waals surface area contributed by atoms with E-state index in [0.717, 1.165) is 81.3 Å². The van der Waals surface area contributed by atoms with Gasteiger partial charge in [-0.1, -0.05) is 234 Å². The van der Waals surface area contributed by atoms with Crippen molar-refractivity contribution in [2.24, 2.45) is 10.7 Å². The van der Waals surface area contributed by atoms with Crippen LogP contribution in [0.4, 0.5) is 0 Å². The van der Waals surface area contributed by atoms with E-state index in [1.54, 1.807) is 24.4 Å². The SMILES string of the molecule is BrCc1ccccc1.NCCO.O=Cc1ccc(O)c(O)c1.O=Cc1ccc(OCc2ccccc2)c(OCc2ccccc2)c1.OCCCCc1ccc(OCc2ccccc2)c(OCc2ccccc2)c1.OCCN=Cc1ccc(OCc2ccccc2)c(OCc2ccccc2)c1. The number of aliphatic imine (C=N–C) groups is 1. The number of benzene rings is 11. The second-order valence-electron chi connectivity index (χ2n) is 21.9. The van der Waals surface area contributed by atoms with Crippen molar-refractivity contribution >= 4 is 34.7 Å². The highest BCUT2D eigenvalue weighted by atomic mass is 79.9. The minimum Gasteiger partial charge on any atom is -0.504 e. The van der Waals surface area contributed by atoms with Crippen molar-refractivity contribution in [2.45, 2.75) is 64.2 Å². The van der Waals surface area contributed by atoms with Gasteiger partial charge in [-0.15, -0.1) is 0 Å². The van der Waals surface area contributed by atoms with E-state index < -0.39 is 0 Å². The third-order valence-electron chi connectivity index (χ3n) is 14.1. The number of hydrogen-bond donors (Lipinski definition) is 6. The molecule has 0 radical (unpaired) electrons. The molecule has 0 aliphatic carbocycles. The summed E-state index contributed by atoms with van der Waals surface area (Å²) in [5, 5.41) is 44.2. The van der Waals surface area contributed by atoms with Crippen LogP contribution in [-0.4, -0.2) is 77.2 Å². The lowest BCUT2D eigenvalue weighted by Crippen LogP contribution is -2.02. The fourth-order valence-electron chi connectivity index (χ4n) is 8.87. The molecule has 0 saturated heterocycles. The van der Waals surface area contributed by atoms with Crippen LogP contribution in [0.3, 0.4) is 0 Å². The van der Waals surface area contributed by atoms with Crippen molar-refractivity contribution in [3.05, 3.63) is 346 Å². The summed E-state index contributed by atoms with van der Waals surface area (Å²) in [6.07, 6.45) is 5.81. The molecule has 0 aliphatic heterocycles. The summed E-state index contributed by atoms with van der Waals surface area (Å²) in [6.45, 7) is 3.93. The molecular formula is C84H87BrN2O13. The topological polar surface area (TPSA) is 229 Å². The minimum absolute atomic E-state index is 0.0339. The first-order valence-corrected chi connectivity index (χ1v) is 33.7. The van der Waals surface area contributed by atoms with Crippen LogP contribution in [0.2, 0.25) is 0 Å². The van der Waals surface area contributed by atoms with Crippen LogP contribution >= 0.6 is 15.9 Å². The predicted molar refractivity (Wildman–Crippen MR) is 399 cm³/mol. The molecule has 16 heteroatoms. The van der Waals surface area contributed by atoms with E-state index in [1.165, 1.54) is 29.3 Å². The molecule has 0 fully saturated rings. The van der Waals surface area contributed by atoms with Crippen LogP contribution in [0, 0.1) is 0 Å². The summed E-state index contributed by atoms with van der Waals surface area (Å²) in [7, 11) is 0. The molecule has 11 aromatic rings. The molecule has 0 bridgehead atoms. The minimum atomic E-state index is -0.274. The van der Waals surface area contributed by atoms with Gasteiger partial charge in [-0.2, -0.15) is 0 Å². The normalized spacial score (nSPS) is 10.2. The lowest BCUT2D eigenvalue weighted by atomic mass is 10.1. The Balaban J connectivity index is 0.000000205. The van der Waals surface area contributed by atoms with Crippen LogP contribution in [0.25, 0.3) is 0 Å². The number of carbonyl (C=O) groups excluding carboxylic acids is 2. The number of unbranched alkanes of at least 4 members (excludes halogenated alkanes) is 1. The van der Waals surface area contributed by atoms with Crippen LogP contribution in [-0.2, 0) is 51.4 Å². The van der Waals surface area contributed by atoms with E-state index in [2.05, 4.69) is 57.3 Å². The molecule has 0 unspecified atom stereocenters. The summed E-state index contributed by atoms with van der Waals surface area (Å²) in [5.41, 5.74) is 15.7. The van der Waals surface area contributed by atoms with Crippen LogP contribution in [0.5, 0.6) is 46.0 Å². The standard InChI is InChI=1S/C24H26O3.C23H23NO3.C21H18O3.C7H7Br.C7H6O3.C2H7NO/c25-16-8-7-9-20-14-15-23(26-18-21-10-3-1-4-11-21)24(17-20)27-19-22-12-5-2-6-13-22;25-14-13-24-16-21-11-12-22(26-17-19-7-3-1-4-8-19)23(15-21)27-18-20-9-5-2-6-10-20;22-14-19-11-12-20(23-15-17-7-3-1-4-8-17)21(13-19)24-16-18-9-5-2-6-10-18;8-6-7-4-2-1-3-5-7;8-4-5-1-2-6(9)7(10)3-5;3-1-2-4/h1-6,10-15,17,25H,7-9,16,18-19H2;1-12,15-16,25H,13-14,17-18H2;1-14H,15-16H2;1-5H,6H2;1-4,9-10H;4H,1-3H2. The van der Waals surface area contributed by atoms with Gasteiger partial charge in [0.25, 0.3) is 0 Å². The van der Waals surface area contributed by atoms with Gasteiger partial charge in [0.15, 0.2) is 46.0 Å². The van der Waals surface area contributed by atoms with E-state index in [9.17, 15) is 9.59 Å². The number of hydrogen-bond acceptors (Lipinski definition) is 15. The molecule has 0 heterocycles. The number of alkyl halides is 1. The van der Waals surface area contributed by atoms with Gasteiger partial charge in [0.1, 0.15) is 52.2 Å². The fourth-order valence-corrected chi connectivity index (χ4v) is 9.24. The maximum Gasteiger partial charge on any atom is 0.162 e. The van der Waals surface area contributed by atoms with E-state index in [-0.39, 0.29) is 31.3 Å². The molecule has 0 spiro atoms. The van der Waals surface area contributed by atoms with Gasteiger partial charge < -0.3 is 59.7 Å². The number of phenols is 2. The summed E-state index contributed by atoms with van der Waals surface area (Å²) in [5.74, 6) is 3.57. The average molecular weight is 1410 g/mol. The Labute approximate surface area is 595 Å². The first kappa shape index (κ1) is 78.1. The molecule has 100 heavy (non-hydrogen) atoms. The zero-order valence-corrected chi connectivity index (χ0v) is 57.5. The number of aromatic hydroxyl groups is 2. The number of aliphatic hydroxyl groups excluding tert-OH is 3. The van der Waals surface area contributed by atoms with E-state index >= 15 is 0 Å². The largest absolute Gasteiger partial charge is 0.504 e. The van der Waals surface area contributed by atoms with E-state index in [1.807, 2.05) is 212 Å². The Kier molecular flexibility index (Phi) is 37.5. The molecule has 11 rings (SSSR count). The van der Waals surface area contributed by atoms with Crippen molar-refractivity contribution in [1.29, 1.82) is 0 Å². The molecule has 11 aromatic carbocycles. The van der Waals surface area contributed by atoms with Gasteiger partial charge >= 0.3 is 0 Å². The smallest absolute Gasteiger partial charge is 0.162 e. The zero-order valence-electron chi connectivity index (χ0n) is 55.9. The van der Waals surface area contributed by atoms with E-state index in [0.29, 0.717) is 93.1 Å². The molecule has 0 atom stereocenters. The van der Waals surface area contributed by atoms with Crippen molar-refractivity contribution in [1.82, 2.24) is 0 Å². The number of aliphatic hydroxyl groups is 3. The third-order valence-corrected chi connectivity index (χ3v) is 14.8. The zero-order chi connectivity index (χ0) is 70.9. The first-order valence-electron chi connectivity index (χ1n) is 32.6. The maximum atomic E-state index is 11.0. The van der Waals surface area contributed by atoms with Crippen molar-refractivity contribution in [3.8, 4) is 46.0 Å². The van der Waals surface area contributed by atoms with Gasteiger partial charge in [0, 0.05) is 35.8 Å². The molecular weight excluding hydrogens is 1320 g/mol. The van der Waals surface area contributed by atoms with Crippen LogP contribution in [0.15, 0.2) is 290 Å². The molecule has 7 N–H and O–H groups in total. The van der Waals surface area contributed by atoms with Crippen molar-refractivity contribution < 1.29 is 63.5 Å². The van der Waals surface area contributed by atoms with Crippen molar-refractivity contribution in [2.75, 3.05) is 32.9 Å².